The quantitative estimate of drug-likeness (QED) is 0.496. The van der Waals surface area contributed by atoms with E-state index in [4.69, 9.17) is 5.73 Å². The summed E-state index contributed by atoms with van der Waals surface area (Å²) >= 11 is 0. The van der Waals surface area contributed by atoms with Gasteiger partial charge >= 0.3 is 5.97 Å². The summed E-state index contributed by atoms with van der Waals surface area (Å²) < 4.78 is 27.7. The van der Waals surface area contributed by atoms with Crippen LogP contribution in [0.2, 0.25) is 0 Å². The Morgan fingerprint density at radius 3 is 2.47 bits per heavy atom. The highest BCUT2D eigenvalue weighted by Gasteiger charge is 2.42. The molecule has 0 amide bonds. The molecule has 7 nitrogen and oxygen atoms in total. The lowest BCUT2D eigenvalue weighted by Crippen LogP contribution is -2.50. The Labute approximate surface area is 203 Å². The SMILES string of the molecule is CCCC[C@]1(CC)CS(=O)(=O)c2cc(CC(N)C(=O)O)c(N(C)C)cc2[C@@H](c2ccccc2)N1. The molecule has 4 N–H and O–H groups in total. The standard InChI is InChI=1S/C26H37N3O4S/c1-5-7-13-26(6-2)17-34(32,33)23-15-19(14-21(27)25(30)31)22(29(3)4)16-20(23)24(28-26)18-11-9-8-10-12-18/h8-12,15-16,21,24,28H,5-7,13-14,17,27H2,1-4H3,(H,30,31)/t21?,24-,26-/m1/s1. The minimum atomic E-state index is -3.66. The molecule has 0 saturated heterocycles. The molecule has 0 saturated carbocycles. The zero-order chi connectivity index (χ0) is 25.1. The van der Waals surface area contributed by atoms with Crippen LogP contribution < -0.4 is 16.0 Å². The molecule has 0 fully saturated rings. The van der Waals surface area contributed by atoms with Gasteiger partial charge in [0.05, 0.1) is 16.7 Å². The van der Waals surface area contributed by atoms with Gasteiger partial charge in [-0.2, -0.15) is 0 Å². The zero-order valence-electron chi connectivity index (χ0n) is 20.5. The van der Waals surface area contributed by atoms with Gasteiger partial charge in [-0.1, -0.05) is 57.0 Å². The number of anilines is 1. The van der Waals surface area contributed by atoms with E-state index in [2.05, 4.69) is 12.2 Å². The van der Waals surface area contributed by atoms with E-state index in [1.165, 1.54) is 0 Å². The summed E-state index contributed by atoms with van der Waals surface area (Å²) in [5, 5.41) is 13.1. The van der Waals surface area contributed by atoms with Crippen molar-refractivity contribution in [3.05, 3.63) is 59.2 Å². The van der Waals surface area contributed by atoms with Crippen LogP contribution in [0.1, 0.15) is 62.3 Å². The van der Waals surface area contributed by atoms with Crippen molar-refractivity contribution in [3.8, 4) is 0 Å². The predicted molar refractivity (Wildman–Crippen MR) is 136 cm³/mol. The molecule has 3 rings (SSSR count). The van der Waals surface area contributed by atoms with E-state index in [-0.39, 0.29) is 23.1 Å². The number of carboxylic acid groups (broad SMARTS) is 1. The Kier molecular flexibility index (Phi) is 8.06. The highest BCUT2D eigenvalue weighted by atomic mass is 32.2. The van der Waals surface area contributed by atoms with Crippen molar-refractivity contribution < 1.29 is 18.3 Å². The molecular weight excluding hydrogens is 450 g/mol. The third-order valence-corrected chi connectivity index (χ3v) is 8.79. The topological polar surface area (TPSA) is 113 Å². The van der Waals surface area contributed by atoms with Crippen molar-refractivity contribution in [1.29, 1.82) is 0 Å². The Morgan fingerprint density at radius 2 is 1.91 bits per heavy atom. The summed E-state index contributed by atoms with van der Waals surface area (Å²) in [6, 6.07) is 12.0. The summed E-state index contributed by atoms with van der Waals surface area (Å²) in [7, 11) is 0.0728. The summed E-state index contributed by atoms with van der Waals surface area (Å²) in [5.41, 5.74) is 8.36. The highest BCUT2D eigenvalue weighted by Crippen LogP contribution is 2.41. The molecule has 1 aliphatic heterocycles. The Bertz CT molecular complexity index is 1120. The smallest absolute Gasteiger partial charge is 0.320 e. The molecule has 0 radical (unpaired) electrons. The first-order valence-corrected chi connectivity index (χ1v) is 13.6. The van der Waals surface area contributed by atoms with Gasteiger partial charge in [0.1, 0.15) is 6.04 Å². The van der Waals surface area contributed by atoms with Gasteiger partial charge < -0.3 is 15.7 Å². The summed E-state index contributed by atoms with van der Waals surface area (Å²) in [5.74, 6) is -1.12. The van der Waals surface area contributed by atoms with Crippen LogP contribution in [0.15, 0.2) is 47.4 Å². The van der Waals surface area contributed by atoms with Gasteiger partial charge in [0.2, 0.25) is 0 Å². The molecule has 1 aliphatic rings. The Hall–Kier alpha value is -2.42. The number of fused-ring (bicyclic) bond motifs is 1. The van der Waals surface area contributed by atoms with Crippen LogP contribution in [0.25, 0.3) is 0 Å². The maximum absolute atomic E-state index is 13.9. The van der Waals surface area contributed by atoms with Crippen LogP contribution >= 0.6 is 0 Å². The van der Waals surface area contributed by atoms with Crippen molar-refractivity contribution in [2.75, 3.05) is 24.7 Å². The second-order valence-electron chi connectivity index (χ2n) is 9.55. The highest BCUT2D eigenvalue weighted by molar-refractivity contribution is 7.91. The minimum Gasteiger partial charge on any atom is -0.480 e. The number of sulfone groups is 1. The fourth-order valence-electron chi connectivity index (χ4n) is 4.84. The number of aliphatic carboxylic acids is 1. The summed E-state index contributed by atoms with van der Waals surface area (Å²) in [4.78, 5) is 13.6. The molecule has 0 bridgehead atoms. The largest absolute Gasteiger partial charge is 0.480 e. The van der Waals surface area contributed by atoms with Gasteiger partial charge in [0, 0.05) is 31.7 Å². The third kappa shape index (κ3) is 5.45. The van der Waals surface area contributed by atoms with Crippen LogP contribution in [0.4, 0.5) is 5.69 Å². The van der Waals surface area contributed by atoms with Crippen molar-refractivity contribution in [2.45, 2.75) is 68.5 Å². The molecule has 0 aliphatic carbocycles. The predicted octanol–water partition coefficient (Wildman–Crippen LogP) is 3.51. The monoisotopic (exact) mass is 487 g/mol. The van der Waals surface area contributed by atoms with Crippen LogP contribution in [-0.4, -0.2) is 50.9 Å². The number of unbranched alkanes of at least 4 members (excludes halogenated alkanes) is 1. The number of nitrogens with zero attached hydrogens (tertiary/aromatic N) is 1. The van der Waals surface area contributed by atoms with Crippen LogP contribution in [0.5, 0.6) is 0 Å². The molecule has 34 heavy (non-hydrogen) atoms. The molecule has 3 atom stereocenters. The minimum absolute atomic E-state index is 0.00142. The lowest BCUT2D eigenvalue weighted by atomic mass is 9.87. The number of benzene rings is 2. The number of hydrogen-bond donors (Lipinski definition) is 3. The maximum Gasteiger partial charge on any atom is 0.320 e. The normalized spacial score (nSPS) is 22.4. The lowest BCUT2D eigenvalue weighted by molar-refractivity contribution is -0.138. The van der Waals surface area contributed by atoms with Crippen molar-refractivity contribution in [2.24, 2.45) is 5.73 Å². The van der Waals surface area contributed by atoms with Gasteiger partial charge in [-0.3, -0.25) is 10.1 Å². The number of nitrogens with two attached hydrogens (primary N) is 1. The van der Waals surface area contributed by atoms with Gasteiger partial charge in [0.15, 0.2) is 9.84 Å². The Balaban J connectivity index is 2.28. The Morgan fingerprint density at radius 1 is 1.24 bits per heavy atom. The molecule has 1 heterocycles. The van der Waals surface area contributed by atoms with Gasteiger partial charge in [-0.05, 0) is 41.7 Å². The molecule has 2 aromatic carbocycles. The second kappa shape index (κ2) is 10.5. The number of carbonyl (C=O) groups is 1. The number of hydrogen-bond acceptors (Lipinski definition) is 6. The molecule has 1 unspecified atom stereocenters. The molecule has 186 valence electrons. The van der Waals surface area contributed by atoms with E-state index in [1.54, 1.807) is 6.07 Å². The van der Waals surface area contributed by atoms with E-state index >= 15 is 0 Å². The van der Waals surface area contributed by atoms with E-state index in [0.29, 0.717) is 17.5 Å². The molecule has 2 aromatic rings. The van der Waals surface area contributed by atoms with Crippen LogP contribution in [0, 0.1) is 0 Å². The molecule has 8 heteroatoms. The fraction of sp³-hybridized carbons (Fsp3) is 0.500. The number of nitrogens with one attached hydrogen (secondary N) is 1. The average molecular weight is 488 g/mol. The van der Waals surface area contributed by atoms with E-state index in [1.807, 2.05) is 62.3 Å². The van der Waals surface area contributed by atoms with Crippen LogP contribution in [0.3, 0.4) is 0 Å². The molecular formula is C26H37N3O4S. The summed E-state index contributed by atoms with van der Waals surface area (Å²) in [6.07, 6.45) is 3.39. The second-order valence-corrected chi connectivity index (χ2v) is 11.5. The fourth-order valence-corrected chi connectivity index (χ4v) is 7.01. The van der Waals surface area contributed by atoms with Gasteiger partial charge in [0.25, 0.3) is 0 Å². The van der Waals surface area contributed by atoms with Crippen molar-refractivity contribution in [3.63, 3.8) is 0 Å². The lowest BCUT2D eigenvalue weighted by Gasteiger charge is -2.36. The number of rotatable bonds is 9. The first kappa shape index (κ1) is 26.2. The van der Waals surface area contributed by atoms with E-state index < -0.39 is 27.4 Å². The van der Waals surface area contributed by atoms with E-state index in [0.717, 1.165) is 30.5 Å². The zero-order valence-corrected chi connectivity index (χ0v) is 21.4. The third-order valence-electron chi connectivity index (χ3n) is 6.83. The van der Waals surface area contributed by atoms with Crippen molar-refractivity contribution >= 4 is 21.5 Å². The van der Waals surface area contributed by atoms with Crippen LogP contribution in [-0.2, 0) is 21.1 Å². The number of carboxylic acids is 1. The molecule has 0 spiro atoms. The van der Waals surface area contributed by atoms with Gasteiger partial charge in [-0.15, -0.1) is 0 Å². The first-order valence-electron chi connectivity index (χ1n) is 11.9. The maximum atomic E-state index is 13.9. The average Bonchev–Trinajstić information content (AvgIpc) is 2.90. The van der Waals surface area contributed by atoms with E-state index in [9.17, 15) is 18.3 Å². The van der Waals surface area contributed by atoms with Gasteiger partial charge in [-0.25, -0.2) is 8.42 Å². The van der Waals surface area contributed by atoms with Crippen molar-refractivity contribution in [1.82, 2.24) is 5.32 Å². The first-order chi connectivity index (χ1) is 16.0. The molecule has 0 aromatic heterocycles. The summed E-state index contributed by atoms with van der Waals surface area (Å²) in [6.45, 7) is 4.15.